The van der Waals surface area contributed by atoms with Gasteiger partial charge in [-0.25, -0.2) is 0 Å². The molecule has 0 saturated heterocycles. The molecule has 0 heterocycles. The van der Waals surface area contributed by atoms with Gasteiger partial charge in [-0.3, -0.25) is 9.59 Å². The van der Waals surface area contributed by atoms with E-state index in [2.05, 4.69) is 0 Å². The maximum Gasteiger partial charge on any atom is 0.303 e. The third-order valence-corrected chi connectivity index (χ3v) is 1.97. The minimum Gasteiger partial charge on any atom is -0.481 e. The van der Waals surface area contributed by atoms with Crippen LogP contribution in [-0.4, -0.2) is 23.9 Å². The summed E-state index contributed by atoms with van der Waals surface area (Å²) in [6.07, 6.45) is 1.51. The molecular formula is C11H14ClNO3. The first-order chi connectivity index (χ1) is 7.61. The number of hydrogen-bond donors (Lipinski definition) is 2. The summed E-state index contributed by atoms with van der Waals surface area (Å²) in [7, 11) is 0. The van der Waals surface area contributed by atoms with Crippen molar-refractivity contribution < 1.29 is 14.7 Å². The van der Waals surface area contributed by atoms with Crippen molar-refractivity contribution in [1.82, 2.24) is 0 Å². The quantitative estimate of drug-likeness (QED) is 0.793. The average molecular weight is 244 g/mol. The van der Waals surface area contributed by atoms with Crippen LogP contribution in [0, 0.1) is 0 Å². The Labute approximate surface area is 99.0 Å². The molecule has 16 heavy (non-hydrogen) atoms. The minimum atomic E-state index is -0.773. The van der Waals surface area contributed by atoms with E-state index >= 15 is 0 Å². The summed E-state index contributed by atoms with van der Waals surface area (Å²) in [4.78, 5) is 19.8. The van der Waals surface area contributed by atoms with Crippen molar-refractivity contribution in [2.45, 2.75) is 12.8 Å². The Hall–Kier alpha value is -1.39. The first kappa shape index (κ1) is 14.6. The maximum atomic E-state index is 10.1. The highest BCUT2D eigenvalue weighted by molar-refractivity contribution is 6.32. The molecule has 4 nitrogen and oxygen atoms in total. The first-order valence-electron chi connectivity index (χ1n) is 4.73. The Morgan fingerprint density at radius 2 is 2.06 bits per heavy atom. The molecule has 1 aromatic carbocycles. The first-order valence-corrected chi connectivity index (χ1v) is 5.11. The molecule has 0 aliphatic rings. The Balaban J connectivity index is 0.000000293. The van der Waals surface area contributed by atoms with Gasteiger partial charge in [0.2, 0.25) is 0 Å². The summed E-state index contributed by atoms with van der Waals surface area (Å²) in [6, 6.07) is 6.92. The lowest BCUT2D eigenvalue weighted by molar-refractivity contribution is -0.137. The van der Waals surface area contributed by atoms with Gasteiger partial charge in [-0.15, -0.1) is 0 Å². The van der Waals surface area contributed by atoms with Gasteiger partial charge in [0.15, 0.2) is 6.29 Å². The molecule has 0 bridgehead atoms. The van der Waals surface area contributed by atoms with E-state index in [1.54, 1.807) is 24.3 Å². The summed E-state index contributed by atoms with van der Waals surface area (Å²) in [6.45, 7) is 0.465. The number of aldehydes is 1. The third-order valence-electron chi connectivity index (χ3n) is 1.63. The van der Waals surface area contributed by atoms with Crippen LogP contribution in [-0.2, 0) is 4.79 Å². The van der Waals surface area contributed by atoms with E-state index < -0.39 is 5.97 Å². The SMILES string of the molecule is NCCCC(=O)O.O=Cc1ccccc1Cl. The molecule has 0 amide bonds. The second kappa shape index (κ2) is 8.88. The smallest absolute Gasteiger partial charge is 0.303 e. The lowest BCUT2D eigenvalue weighted by Crippen LogP contribution is -2.02. The average Bonchev–Trinajstić information content (AvgIpc) is 2.28. The molecule has 1 rings (SSSR count). The number of carbonyl (C=O) groups is 2. The summed E-state index contributed by atoms with van der Waals surface area (Å²) < 4.78 is 0. The molecule has 0 spiro atoms. The van der Waals surface area contributed by atoms with Crippen LogP contribution >= 0.6 is 11.6 Å². The molecule has 0 unspecified atom stereocenters. The van der Waals surface area contributed by atoms with Crippen LogP contribution in [0.2, 0.25) is 5.02 Å². The fourth-order valence-corrected chi connectivity index (χ4v) is 1.00. The highest BCUT2D eigenvalue weighted by Gasteiger charge is 1.92. The monoisotopic (exact) mass is 243 g/mol. The van der Waals surface area contributed by atoms with E-state index in [0.717, 1.165) is 6.29 Å². The van der Waals surface area contributed by atoms with Gasteiger partial charge in [-0.1, -0.05) is 29.8 Å². The van der Waals surface area contributed by atoms with Gasteiger partial charge in [-0.05, 0) is 19.0 Å². The molecule has 3 N–H and O–H groups in total. The highest BCUT2D eigenvalue weighted by Crippen LogP contribution is 2.11. The highest BCUT2D eigenvalue weighted by atomic mass is 35.5. The molecule has 1 aromatic rings. The number of carboxylic acids is 1. The van der Waals surface area contributed by atoms with E-state index in [1.165, 1.54) is 0 Å². The summed E-state index contributed by atoms with van der Waals surface area (Å²) in [5, 5.41) is 8.50. The molecule has 0 aliphatic carbocycles. The molecular weight excluding hydrogens is 230 g/mol. The van der Waals surface area contributed by atoms with Crippen LogP contribution < -0.4 is 5.73 Å². The number of rotatable bonds is 4. The Morgan fingerprint density at radius 1 is 1.44 bits per heavy atom. The number of carbonyl (C=O) groups excluding carboxylic acids is 1. The van der Waals surface area contributed by atoms with Crippen LogP contribution in [0.5, 0.6) is 0 Å². The zero-order valence-corrected chi connectivity index (χ0v) is 9.48. The second-order valence-corrected chi connectivity index (χ2v) is 3.33. The van der Waals surface area contributed by atoms with Crippen LogP contribution in [0.4, 0.5) is 0 Å². The summed E-state index contributed by atoms with van der Waals surface area (Å²) in [5.74, 6) is -0.773. The number of benzene rings is 1. The van der Waals surface area contributed by atoms with E-state index in [1.807, 2.05) is 0 Å². The van der Waals surface area contributed by atoms with Crippen molar-refractivity contribution >= 4 is 23.9 Å². The number of hydrogen-bond acceptors (Lipinski definition) is 3. The molecule has 0 radical (unpaired) electrons. The largest absolute Gasteiger partial charge is 0.481 e. The molecule has 0 saturated carbocycles. The van der Waals surface area contributed by atoms with Gasteiger partial charge >= 0.3 is 5.97 Å². The molecule has 0 aliphatic heterocycles. The van der Waals surface area contributed by atoms with Crippen LogP contribution in [0.15, 0.2) is 24.3 Å². The Kier molecular flexibility index (Phi) is 8.11. The maximum absolute atomic E-state index is 10.1. The van der Waals surface area contributed by atoms with Gasteiger partial charge in [0.05, 0.1) is 5.02 Å². The van der Waals surface area contributed by atoms with Crippen LogP contribution in [0.25, 0.3) is 0 Å². The van der Waals surface area contributed by atoms with E-state index in [0.29, 0.717) is 23.6 Å². The van der Waals surface area contributed by atoms with Gasteiger partial charge in [0.1, 0.15) is 0 Å². The normalized spacial score (nSPS) is 8.88. The minimum absolute atomic E-state index is 0.191. The predicted molar refractivity (Wildman–Crippen MR) is 62.8 cm³/mol. The van der Waals surface area contributed by atoms with Gasteiger partial charge < -0.3 is 10.8 Å². The third kappa shape index (κ3) is 6.98. The topological polar surface area (TPSA) is 80.4 Å². The van der Waals surface area contributed by atoms with Gasteiger partial charge in [0, 0.05) is 12.0 Å². The van der Waals surface area contributed by atoms with Gasteiger partial charge in [-0.2, -0.15) is 0 Å². The van der Waals surface area contributed by atoms with E-state index in [4.69, 9.17) is 22.4 Å². The fourth-order valence-electron chi connectivity index (χ4n) is 0.824. The van der Waals surface area contributed by atoms with Crippen molar-refractivity contribution in [3.8, 4) is 0 Å². The van der Waals surface area contributed by atoms with Crippen LogP contribution in [0.1, 0.15) is 23.2 Å². The standard InChI is InChI=1S/C7H5ClO.C4H9NO2/c8-7-4-2-1-3-6(7)5-9;5-3-1-2-4(6)7/h1-5H;1-3,5H2,(H,6,7). The van der Waals surface area contributed by atoms with Crippen molar-refractivity contribution in [2.75, 3.05) is 6.54 Å². The number of nitrogens with two attached hydrogens (primary N) is 1. The lowest BCUT2D eigenvalue weighted by atomic mass is 10.2. The summed E-state index contributed by atoms with van der Waals surface area (Å²) >= 11 is 5.59. The second-order valence-electron chi connectivity index (χ2n) is 2.93. The van der Waals surface area contributed by atoms with Crippen LogP contribution in [0.3, 0.4) is 0 Å². The summed E-state index contributed by atoms with van der Waals surface area (Å²) in [5.41, 5.74) is 5.55. The molecule has 0 atom stereocenters. The Morgan fingerprint density at radius 3 is 2.38 bits per heavy atom. The van der Waals surface area contributed by atoms with Crippen molar-refractivity contribution in [1.29, 1.82) is 0 Å². The lowest BCUT2D eigenvalue weighted by Gasteiger charge is -1.90. The molecule has 0 aromatic heterocycles. The molecule has 5 heteroatoms. The van der Waals surface area contributed by atoms with Crippen molar-refractivity contribution in [2.24, 2.45) is 5.73 Å². The number of carboxylic acid groups (broad SMARTS) is 1. The zero-order chi connectivity index (χ0) is 12.4. The number of halogens is 1. The predicted octanol–water partition coefficient (Wildman–Crippen LogP) is 1.96. The molecule has 0 fully saturated rings. The zero-order valence-electron chi connectivity index (χ0n) is 8.73. The fraction of sp³-hybridized carbons (Fsp3) is 0.273. The molecule has 88 valence electrons. The number of aliphatic carboxylic acids is 1. The Bertz CT molecular complexity index is 342. The van der Waals surface area contributed by atoms with E-state index in [-0.39, 0.29) is 6.42 Å². The van der Waals surface area contributed by atoms with Crippen molar-refractivity contribution in [3.63, 3.8) is 0 Å². The van der Waals surface area contributed by atoms with E-state index in [9.17, 15) is 9.59 Å². The van der Waals surface area contributed by atoms with Gasteiger partial charge in [0.25, 0.3) is 0 Å². The van der Waals surface area contributed by atoms with Crippen molar-refractivity contribution in [3.05, 3.63) is 34.9 Å².